The zero-order valence-corrected chi connectivity index (χ0v) is 16.1. The van der Waals surface area contributed by atoms with Gasteiger partial charge in [-0.2, -0.15) is 0 Å². The first-order chi connectivity index (χ1) is 14.1. The number of aromatic nitrogens is 5. The Hall–Kier alpha value is -3.55. The van der Waals surface area contributed by atoms with Crippen LogP contribution >= 0.6 is 0 Å². The largest absolute Gasteiger partial charge is 0.493 e. The van der Waals surface area contributed by atoms with Crippen LogP contribution in [0.3, 0.4) is 0 Å². The summed E-state index contributed by atoms with van der Waals surface area (Å²) in [7, 11) is 0. The number of halogens is 1. The van der Waals surface area contributed by atoms with Crippen molar-refractivity contribution in [1.82, 2.24) is 24.6 Å². The fraction of sp³-hybridized carbons (Fsp3) is 0.238. The quantitative estimate of drug-likeness (QED) is 0.575. The first kappa shape index (κ1) is 17.5. The molecule has 0 aliphatic carbocycles. The normalized spacial score (nSPS) is 12.8. The van der Waals surface area contributed by atoms with Crippen LogP contribution in [0.2, 0.25) is 0 Å². The first-order valence-electron chi connectivity index (χ1n) is 9.41. The molecule has 4 aromatic rings. The van der Waals surface area contributed by atoms with Crippen LogP contribution in [-0.4, -0.2) is 31.2 Å². The molecule has 0 unspecified atom stereocenters. The summed E-state index contributed by atoms with van der Waals surface area (Å²) in [4.78, 5) is 8.89. The SMILES string of the molecule is Cc1cc(-c2cnc(NCc3c(F)ccc4c3CCO4)n3cnnc23)c(C)cn1. The first-order valence-corrected chi connectivity index (χ1v) is 9.41. The molecule has 5 rings (SSSR count). The number of hydrogen-bond donors (Lipinski definition) is 1. The molecule has 1 aliphatic rings. The van der Waals surface area contributed by atoms with Crippen molar-refractivity contribution in [2.75, 3.05) is 11.9 Å². The van der Waals surface area contributed by atoms with E-state index in [4.69, 9.17) is 4.74 Å². The van der Waals surface area contributed by atoms with E-state index in [1.807, 2.05) is 26.1 Å². The van der Waals surface area contributed by atoms with Crippen molar-refractivity contribution in [3.8, 4) is 16.9 Å². The van der Waals surface area contributed by atoms with Crippen molar-refractivity contribution in [3.63, 3.8) is 0 Å². The van der Waals surface area contributed by atoms with Crippen LogP contribution in [0.15, 0.2) is 36.9 Å². The molecule has 0 atom stereocenters. The fourth-order valence-corrected chi connectivity index (χ4v) is 3.73. The highest BCUT2D eigenvalue weighted by Gasteiger charge is 2.20. The van der Waals surface area contributed by atoms with Gasteiger partial charge in [0.05, 0.1) is 6.61 Å². The van der Waals surface area contributed by atoms with Crippen molar-refractivity contribution < 1.29 is 9.13 Å². The van der Waals surface area contributed by atoms with Gasteiger partial charge in [-0.05, 0) is 43.2 Å². The topological polar surface area (TPSA) is 77.2 Å². The van der Waals surface area contributed by atoms with Crippen LogP contribution in [0, 0.1) is 19.7 Å². The van der Waals surface area contributed by atoms with Gasteiger partial charge >= 0.3 is 0 Å². The molecular weight excluding hydrogens is 371 g/mol. The third-order valence-corrected chi connectivity index (χ3v) is 5.23. The summed E-state index contributed by atoms with van der Waals surface area (Å²) in [6.45, 7) is 4.83. The van der Waals surface area contributed by atoms with Gasteiger partial charge in [0.1, 0.15) is 17.9 Å². The molecule has 1 N–H and O–H groups in total. The van der Waals surface area contributed by atoms with Gasteiger partial charge in [-0.15, -0.1) is 10.2 Å². The summed E-state index contributed by atoms with van der Waals surface area (Å²) >= 11 is 0. The minimum atomic E-state index is -0.249. The van der Waals surface area contributed by atoms with Gasteiger partial charge in [0, 0.05) is 47.7 Å². The molecule has 0 bridgehead atoms. The number of nitrogens with one attached hydrogen (secondary N) is 1. The molecule has 7 nitrogen and oxygen atoms in total. The summed E-state index contributed by atoms with van der Waals surface area (Å²) in [6, 6.07) is 5.14. The van der Waals surface area contributed by atoms with Gasteiger partial charge in [-0.1, -0.05) is 0 Å². The van der Waals surface area contributed by atoms with Crippen LogP contribution in [0.5, 0.6) is 5.75 Å². The van der Waals surface area contributed by atoms with Crippen molar-refractivity contribution in [2.24, 2.45) is 0 Å². The number of fused-ring (bicyclic) bond motifs is 2. The number of hydrogen-bond acceptors (Lipinski definition) is 6. The van der Waals surface area contributed by atoms with Crippen LogP contribution in [-0.2, 0) is 13.0 Å². The molecule has 3 aromatic heterocycles. The Bertz CT molecular complexity index is 1240. The second kappa shape index (κ2) is 6.80. The highest BCUT2D eigenvalue weighted by atomic mass is 19.1. The zero-order chi connectivity index (χ0) is 20.0. The maximum absolute atomic E-state index is 14.4. The number of benzene rings is 1. The van der Waals surface area contributed by atoms with Crippen LogP contribution in [0.25, 0.3) is 16.8 Å². The Kier molecular flexibility index (Phi) is 4.12. The van der Waals surface area contributed by atoms with Gasteiger partial charge < -0.3 is 10.1 Å². The van der Waals surface area contributed by atoms with Gasteiger partial charge in [0.25, 0.3) is 0 Å². The van der Waals surface area contributed by atoms with Gasteiger partial charge in [0.15, 0.2) is 5.65 Å². The highest BCUT2D eigenvalue weighted by molar-refractivity contribution is 5.79. The number of pyridine rings is 1. The van der Waals surface area contributed by atoms with E-state index >= 15 is 0 Å². The lowest BCUT2D eigenvalue weighted by Gasteiger charge is -2.13. The number of rotatable bonds is 4. The van der Waals surface area contributed by atoms with Crippen molar-refractivity contribution in [3.05, 3.63) is 65.1 Å². The second-order valence-electron chi connectivity index (χ2n) is 7.12. The number of ether oxygens (including phenoxy) is 1. The van der Waals surface area contributed by atoms with E-state index in [0.29, 0.717) is 36.7 Å². The van der Waals surface area contributed by atoms with E-state index in [2.05, 4.69) is 25.5 Å². The van der Waals surface area contributed by atoms with Gasteiger partial charge in [0.2, 0.25) is 5.95 Å². The number of nitrogens with zero attached hydrogens (tertiary/aromatic N) is 5. The molecule has 0 radical (unpaired) electrons. The Morgan fingerprint density at radius 2 is 2.07 bits per heavy atom. The third kappa shape index (κ3) is 2.97. The molecule has 0 spiro atoms. The Balaban J connectivity index is 1.51. The summed E-state index contributed by atoms with van der Waals surface area (Å²) < 4.78 is 21.7. The standard InChI is InChI=1S/C21H19FN6O/c1-12-8-23-13(2)7-15(12)17-10-25-21(28-11-26-27-20(17)28)24-9-16-14-5-6-29-19(14)4-3-18(16)22/h3-4,7-8,10-11H,5-6,9H2,1-2H3,(H,24,25). The number of aryl methyl sites for hydroxylation is 2. The molecule has 0 fully saturated rings. The lowest BCUT2D eigenvalue weighted by Crippen LogP contribution is -2.10. The minimum Gasteiger partial charge on any atom is -0.493 e. The van der Waals surface area contributed by atoms with E-state index in [1.54, 1.807) is 23.0 Å². The summed E-state index contributed by atoms with van der Waals surface area (Å²) in [5.41, 5.74) is 6.03. The molecule has 4 heterocycles. The van der Waals surface area contributed by atoms with E-state index in [0.717, 1.165) is 33.7 Å². The monoisotopic (exact) mass is 390 g/mol. The van der Waals surface area contributed by atoms with Crippen LogP contribution < -0.4 is 10.1 Å². The predicted octanol–water partition coefficient (Wildman–Crippen LogP) is 3.49. The lowest BCUT2D eigenvalue weighted by atomic mass is 10.0. The summed E-state index contributed by atoms with van der Waals surface area (Å²) in [6.07, 6.45) is 5.92. The van der Waals surface area contributed by atoms with Crippen LogP contribution in [0.4, 0.5) is 10.3 Å². The number of anilines is 1. The highest BCUT2D eigenvalue weighted by Crippen LogP contribution is 2.31. The van der Waals surface area contributed by atoms with E-state index in [-0.39, 0.29) is 5.82 Å². The molecule has 8 heteroatoms. The van der Waals surface area contributed by atoms with Crippen molar-refractivity contribution in [1.29, 1.82) is 0 Å². The molecule has 0 amide bonds. The van der Waals surface area contributed by atoms with E-state index in [1.165, 1.54) is 6.07 Å². The average Bonchev–Trinajstić information content (AvgIpc) is 3.39. The smallest absolute Gasteiger partial charge is 0.210 e. The zero-order valence-electron chi connectivity index (χ0n) is 16.1. The van der Waals surface area contributed by atoms with E-state index in [9.17, 15) is 4.39 Å². The van der Waals surface area contributed by atoms with Crippen LogP contribution in [0.1, 0.15) is 22.4 Å². The molecule has 29 heavy (non-hydrogen) atoms. The Morgan fingerprint density at radius 3 is 2.97 bits per heavy atom. The molecule has 1 aromatic carbocycles. The van der Waals surface area contributed by atoms with Crippen molar-refractivity contribution >= 4 is 11.6 Å². The average molecular weight is 390 g/mol. The second-order valence-corrected chi connectivity index (χ2v) is 7.12. The molecule has 0 saturated carbocycles. The third-order valence-electron chi connectivity index (χ3n) is 5.23. The molecule has 0 saturated heterocycles. The van der Waals surface area contributed by atoms with Crippen molar-refractivity contribution in [2.45, 2.75) is 26.8 Å². The van der Waals surface area contributed by atoms with Gasteiger partial charge in [-0.3, -0.25) is 9.38 Å². The Labute approximate surface area is 166 Å². The summed E-state index contributed by atoms with van der Waals surface area (Å²) in [5, 5.41) is 11.6. The lowest BCUT2D eigenvalue weighted by molar-refractivity contribution is 0.356. The Morgan fingerprint density at radius 1 is 1.17 bits per heavy atom. The molecule has 146 valence electrons. The maximum atomic E-state index is 14.4. The summed E-state index contributed by atoms with van der Waals surface area (Å²) in [5.74, 6) is 1.05. The minimum absolute atomic E-state index is 0.249. The fourth-order valence-electron chi connectivity index (χ4n) is 3.73. The van der Waals surface area contributed by atoms with E-state index < -0.39 is 0 Å². The van der Waals surface area contributed by atoms with Gasteiger partial charge in [-0.25, -0.2) is 9.37 Å². The molecule has 1 aliphatic heterocycles. The maximum Gasteiger partial charge on any atom is 0.210 e. The predicted molar refractivity (Wildman–Crippen MR) is 106 cm³/mol. The molecular formula is C21H19FN6O.